The minimum absolute atomic E-state index is 0.297. The van der Waals surface area contributed by atoms with Gasteiger partial charge in [-0.25, -0.2) is 0 Å². The minimum atomic E-state index is -0.297. The molecule has 15 heavy (non-hydrogen) atoms. The van der Waals surface area contributed by atoms with Crippen molar-refractivity contribution < 1.29 is 9.53 Å². The van der Waals surface area contributed by atoms with Gasteiger partial charge >= 0.3 is 5.97 Å². The van der Waals surface area contributed by atoms with Gasteiger partial charge in [-0.2, -0.15) is 0 Å². The standard InChI is InChI=1S/C11H10I2O2/c1-6(2)8-4-9(12)11(10(13)5-8)15-7(3)14/h4-5H,1H2,2-3H3. The first kappa shape index (κ1) is 13.0. The predicted molar refractivity (Wildman–Crippen MR) is 77.9 cm³/mol. The molecular formula is C11H10I2O2. The number of carbonyl (C=O) groups is 1. The Morgan fingerprint density at radius 2 is 1.73 bits per heavy atom. The van der Waals surface area contributed by atoms with Gasteiger partial charge in [0.05, 0.1) is 7.14 Å². The highest BCUT2D eigenvalue weighted by Gasteiger charge is 2.10. The van der Waals surface area contributed by atoms with Gasteiger partial charge in [0.1, 0.15) is 0 Å². The Morgan fingerprint density at radius 1 is 1.27 bits per heavy atom. The Balaban J connectivity index is 3.21. The van der Waals surface area contributed by atoms with Crippen LogP contribution in [0.1, 0.15) is 19.4 Å². The van der Waals surface area contributed by atoms with Crippen LogP contribution in [0.3, 0.4) is 0 Å². The molecule has 0 N–H and O–H groups in total. The summed E-state index contributed by atoms with van der Waals surface area (Å²) in [6, 6.07) is 3.92. The third-order valence-corrected chi connectivity index (χ3v) is 3.34. The summed E-state index contributed by atoms with van der Waals surface area (Å²) < 4.78 is 6.97. The molecule has 0 unspecified atom stereocenters. The Kier molecular flexibility index (Phi) is 4.57. The smallest absolute Gasteiger partial charge is 0.308 e. The van der Waals surface area contributed by atoms with Gasteiger partial charge in [0.15, 0.2) is 5.75 Å². The molecule has 1 rings (SSSR count). The molecular weight excluding hydrogens is 418 g/mol. The van der Waals surface area contributed by atoms with Gasteiger partial charge in [-0.05, 0) is 69.8 Å². The van der Waals surface area contributed by atoms with Crippen molar-refractivity contribution in [1.82, 2.24) is 0 Å². The van der Waals surface area contributed by atoms with Crippen molar-refractivity contribution in [3.63, 3.8) is 0 Å². The van der Waals surface area contributed by atoms with E-state index in [4.69, 9.17) is 4.74 Å². The zero-order valence-electron chi connectivity index (χ0n) is 8.43. The van der Waals surface area contributed by atoms with E-state index in [0.29, 0.717) is 5.75 Å². The molecule has 0 radical (unpaired) electrons. The van der Waals surface area contributed by atoms with Crippen LogP contribution in [-0.2, 0) is 4.79 Å². The molecule has 0 fully saturated rings. The van der Waals surface area contributed by atoms with E-state index < -0.39 is 0 Å². The zero-order chi connectivity index (χ0) is 11.6. The molecule has 0 aliphatic heterocycles. The van der Waals surface area contributed by atoms with E-state index >= 15 is 0 Å². The maximum atomic E-state index is 10.9. The number of ether oxygens (including phenoxy) is 1. The maximum Gasteiger partial charge on any atom is 0.308 e. The van der Waals surface area contributed by atoms with E-state index in [0.717, 1.165) is 18.3 Å². The summed E-state index contributed by atoms with van der Waals surface area (Å²) in [6.07, 6.45) is 0. The third kappa shape index (κ3) is 3.44. The highest BCUT2D eigenvalue weighted by molar-refractivity contribution is 14.1. The molecule has 0 saturated carbocycles. The molecule has 4 heteroatoms. The number of esters is 1. The summed E-state index contributed by atoms with van der Waals surface area (Å²) in [4.78, 5) is 10.9. The lowest BCUT2D eigenvalue weighted by molar-refractivity contribution is -0.132. The van der Waals surface area contributed by atoms with Gasteiger partial charge in [-0.15, -0.1) is 0 Å². The fourth-order valence-electron chi connectivity index (χ4n) is 1.05. The molecule has 0 bridgehead atoms. The van der Waals surface area contributed by atoms with E-state index in [1.807, 2.05) is 19.1 Å². The second-order valence-corrected chi connectivity index (χ2v) is 5.47. The zero-order valence-corrected chi connectivity index (χ0v) is 12.7. The fourth-order valence-corrected chi connectivity index (χ4v) is 3.04. The Bertz CT molecular complexity index is 402. The van der Waals surface area contributed by atoms with E-state index in [-0.39, 0.29) is 5.97 Å². The number of hydrogen-bond acceptors (Lipinski definition) is 2. The summed E-state index contributed by atoms with van der Waals surface area (Å²) in [7, 11) is 0. The summed E-state index contributed by atoms with van der Waals surface area (Å²) in [5.41, 5.74) is 2.07. The molecule has 80 valence electrons. The average Bonchev–Trinajstić information content (AvgIpc) is 2.10. The van der Waals surface area contributed by atoms with Crippen molar-refractivity contribution in [3.8, 4) is 5.75 Å². The van der Waals surface area contributed by atoms with Crippen molar-refractivity contribution in [2.45, 2.75) is 13.8 Å². The minimum Gasteiger partial charge on any atom is -0.424 e. The lowest BCUT2D eigenvalue weighted by Gasteiger charge is -2.09. The van der Waals surface area contributed by atoms with Crippen LogP contribution in [0, 0.1) is 7.14 Å². The summed E-state index contributed by atoms with van der Waals surface area (Å²) >= 11 is 4.31. The van der Waals surface area contributed by atoms with Crippen LogP contribution in [0.15, 0.2) is 18.7 Å². The molecule has 0 atom stereocenters. The average molecular weight is 428 g/mol. The molecule has 0 amide bonds. The quantitative estimate of drug-likeness (QED) is 0.407. The van der Waals surface area contributed by atoms with Gasteiger partial charge in [0, 0.05) is 6.92 Å². The van der Waals surface area contributed by atoms with E-state index in [9.17, 15) is 4.79 Å². The van der Waals surface area contributed by atoms with Gasteiger partial charge in [-0.3, -0.25) is 4.79 Å². The maximum absolute atomic E-state index is 10.9. The fraction of sp³-hybridized carbons (Fsp3) is 0.182. The van der Waals surface area contributed by atoms with Crippen LogP contribution in [0.4, 0.5) is 0 Å². The SMILES string of the molecule is C=C(C)c1cc(I)c(OC(C)=O)c(I)c1. The van der Waals surface area contributed by atoms with Crippen molar-refractivity contribution >= 4 is 56.7 Å². The number of benzene rings is 1. The summed E-state index contributed by atoms with van der Waals surface area (Å²) in [6.45, 7) is 7.24. The number of hydrogen-bond donors (Lipinski definition) is 0. The van der Waals surface area contributed by atoms with Crippen LogP contribution < -0.4 is 4.74 Å². The normalized spacial score (nSPS) is 9.87. The Labute approximate surface area is 116 Å². The van der Waals surface area contributed by atoms with Crippen LogP contribution in [0.5, 0.6) is 5.75 Å². The molecule has 0 aliphatic carbocycles. The summed E-state index contributed by atoms with van der Waals surface area (Å²) in [5, 5.41) is 0. The molecule has 0 aromatic heterocycles. The van der Waals surface area contributed by atoms with Gasteiger partial charge < -0.3 is 4.74 Å². The second kappa shape index (κ2) is 5.29. The largest absolute Gasteiger partial charge is 0.424 e. The monoisotopic (exact) mass is 428 g/mol. The Hall–Kier alpha value is -0.110. The van der Waals surface area contributed by atoms with Crippen molar-refractivity contribution in [1.29, 1.82) is 0 Å². The molecule has 2 nitrogen and oxygen atoms in total. The number of allylic oxidation sites excluding steroid dienone is 1. The first-order chi connectivity index (χ1) is 6.91. The van der Waals surface area contributed by atoms with Crippen LogP contribution in [0.25, 0.3) is 5.57 Å². The third-order valence-electron chi connectivity index (χ3n) is 1.74. The highest BCUT2D eigenvalue weighted by atomic mass is 127. The number of rotatable bonds is 2. The highest BCUT2D eigenvalue weighted by Crippen LogP contribution is 2.30. The lowest BCUT2D eigenvalue weighted by Crippen LogP contribution is -2.04. The van der Waals surface area contributed by atoms with E-state index in [1.165, 1.54) is 6.92 Å². The second-order valence-electron chi connectivity index (χ2n) is 3.14. The van der Waals surface area contributed by atoms with Gasteiger partial charge in [-0.1, -0.05) is 12.2 Å². The molecule has 0 heterocycles. The van der Waals surface area contributed by atoms with Crippen molar-refractivity contribution in [3.05, 3.63) is 31.4 Å². The van der Waals surface area contributed by atoms with E-state index in [1.54, 1.807) is 0 Å². The molecule has 0 saturated heterocycles. The van der Waals surface area contributed by atoms with Crippen LogP contribution in [-0.4, -0.2) is 5.97 Å². The van der Waals surface area contributed by atoms with Crippen molar-refractivity contribution in [2.75, 3.05) is 0 Å². The Morgan fingerprint density at radius 3 is 2.07 bits per heavy atom. The lowest BCUT2D eigenvalue weighted by atomic mass is 10.1. The topological polar surface area (TPSA) is 26.3 Å². The van der Waals surface area contributed by atoms with Gasteiger partial charge in [0.2, 0.25) is 0 Å². The van der Waals surface area contributed by atoms with Crippen LogP contribution >= 0.6 is 45.2 Å². The number of halogens is 2. The first-order valence-corrected chi connectivity index (χ1v) is 6.41. The predicted octanol–water partition coefficient (Wildman–Crippen LogP) is 3.85. The first-order valence-electron chi connectivity index (χ1n) is 4.25. The summed E-state index contributed by atoms with van der Waals surface area (Å²) in [5.74, 6) is 0.336. The van der Waals surface area contributed by atoms with Gasteiger partial charge in [0.25, 0.3) is 0 Å². The van der Waals surface area contributed by atoms with E-state index in [2.05, 4.69) is 51.8 Å². The molecule has 1 aromatic rings. The van der Waals surface area contributed by atoms with Crippen LogP contribution in [0.2, 0.25) is 0 Å². The molecule has 1 aromatic carbocycles. The molecule has 0 aliphatic rings. The number of carbonyl (C=O) groups excluding carboxylic acids is 1. The molecule has 0 spiro atoms. The van der Waals surface area contributed by atoms with Crippen molar-refractivity contribution in [2.24, 2.45) is 0 Å².